The second-order valence-corrected chi connectivity index (χ2v) is 8.09. The minimum absolute atomic E-state index is 0. The normalized spacial score (nSPS) is 19.1. The van der Waals surface area contributed by atoms with Gasteiger partial charge in [-0.3, -0.25) is 0 Å². The van der Waals surface area contributed by atoms with Gasteiger partial charge in [0.15, 0.2) is 0 Å². The van der Waals surface area contributed by atoms with Crippen LogP contribution in [0.4, 0.5) is 13.2 Å². The predicted octanol–water partition coefficient (Wildman–Crippen LogP) is 5.03. The first-order valence-electron chi connectivity index (χ1n) is 11.2. The third kappa shape index (κ3) is 7.38. The minimum Gasteiger partial charge on any atom is -0.453 e. The van der Waals surface area contributed by atoms with Crippen molar-refractivity contribution in [1.29, 1.82) is 0 Å². The Labute approximate surface area is 228 Å². The van der Waals surface area contributed by atoms with Crippen molar-refractivity contribution in [3.05, 3.63) is 135 Å². The zero-order valence-corrected chi connectivity index (χ0v) is 21.1. The molecule has 0 spiro atoms. The van der Waals surface area contributed by atoms with Crippen LogP contribution in [-0.4, -0.2) is 36.6 Å². The molecule has 4 nitrogen and oxygen atoms in total. The van der Waals surface area contributed by atoms with Crippen molar-refractivity contribution in [2.24, 2.45) is 0 Å². The number of methoxy groups -OCH3 is 1. The molecule has 0 amide bonds. The van der Waals surface area contributed by atoms with Crippen molar-refractivity contribution in [2.45, 2.75) is 23.8 Å². The van der Waals surface area contributed by atoms with Crippen LogP contribution < -0.4 is 0 Å². The number of ether oxygens (including phenoxy) is 2. The number of halogens is 3. The van der Waals surface area contributed by atoms with Crippen LogP contribution in [0.2, 0.25) is 0 Å². The molecule has 2 aromatic rings. The van der Waals surface area contributed by atoms with Crippen molar-refractivity contribution in [3.63, 3.8) is 0 Å². The van der Waals surface area contributed by atoms with E-state index in [1.54, 1.807) is 56.0 Å². The molecule has 2 aliphatic rings. The van der Waals surface area contributed by atoms with Gasteiger partial charge >= 0.3 is 29.2 Å². The van der Waals surface area contributed by atoms with E-state index in [1.807, 2.05) is 32.1 Å². The molecule has 37 heavy (non-hydrogen) atoms. The van der Waals surface area contributed by atoms with Gasteiger partial charge in [0.1, 0.15) is 5.60 Å². The quantitative estimate of drug-likeness (QED) is 0.369. The second-order valence-electron chi connectivity index (χ2n) is 8.09. The van der Waals surface area contributed by atoms with Gasteiger partial charge in [0.2, 0.25) is 0 Å². The average Bonchev–Trinajstić information content (AvgIpc) is 3.62. The molecule has 0 bridgehead atoms. The van der Waals surface area contributed by atoms with Crippen molar-refractivity contribution in [3.8, 4) is 0 Å². The molecule has 2 atom stereocenters. The number of carbonyl (C=O) groups excluding carboxylic acids is 1. The number of esters is 1. The molecule has 2 aliphatic carbocycles. The molecule has 0 aliphatic heterocycles. The maximum Gasteiger partial charge on any atom is 2.00 e. The summed E-state index contributed by atoms with van der Waals surface area (Å²) in [5.41, 5.74) is -4.81. The summed E-state index contributed by atoms with van der Waals surface area (Å²) >= 11 is 0. The molecule has 0 unspecified atom stereocenters. The largest absolute Gasteiger partial charge is 2.00 e. The Morgan fingerprint density at radius 1 is 0.811 bits per heavy atom. The van der Waals surface area contributed by atoms with E-state index in [4.69, 9.17) is 9.47 Å². The molecule has 0 aromatic heterocycles. The number of aliphatic hydroxyl groups is 1. The summed E-state index contributed by atoms with van der Waals surface area (Å²) < 4.78 is 53.2. The number of hydrogen-bond acceptors (Lipinski definition) is 4. The topological polar surface area (TPSA) is 55.8 Å². The molecule has 0 heterocycles. The molecule has 10 radical (unpaired) electrons. The van der Waals surface area contributed by atoms with Gasteiger partial charge in [-0.2, -0.15) is 13.2 Å². The average molecular weight is 552 g/mol. The van der Waals surface area contributed by atoms with E-state index < -0.39 is 35.5 Å². The van der Waals surface area contributed by atoms with Crippen molar-refractivity contribution in [2.75, 3.05) is 13.7 Å². The van der Waals surface area contributed by atoms with Gasteiger partial charge in [-0.25, -0.2) is 4.79 Å². The predicted molar refractivity (Wildman–Crippen MR) is 129 cm³/mol. The summed E-state index contributed by atoms with van der Waals surface area (Å²) in [7, 11) is 0.808. The van der Waals surface area contributed by atoms with Gasteiger partial charge in [0.25, 0.3) is 5.60 Å². The fourth-order valence-electron chi connectivity index (χ4n) is 3.94. The van der Waals surface area contributed by atoms with Crippen LogP contribution in [0.25, 0.3) is 0 Å². The van der Waals surface area contributed by atoms with Gasteiger partial charge in [0.05, 0.1) is 6.61 Å². The fourth-order valence-corrected chi connectivity index (χ4v) is 3.94. The Hall–Kier alpha value is -1.86. The molecular formula is C29H27F3FeO4+2. The number of hydrogen-bond donors (Lipinski definition) is 1. The first kappa shape index (κ1) is 31.4. The van der Waals surface area contributed by atoms with Crippen LogP contribution >= 0.6 is 0 Å². The standard InChI is InChI=1S/C24H22F3O4.C5H5.Fe/c1-30-23(24(25,26)27,20-14-6-3-7-15-20)21(29)31-22(17-28,19-12-8-9-13-19)16-18-10-4-2-5-11-18;1-2-4-5-3-1;/h2-15,28H,16-17H2,1H3;1-5H;/q;;+2/t22-,23-;;/m0../s1. The molecule has 4 rings (SSSR count). The SMILES string of the molecule is CO[C@](C(=O)O[C@](CO)(Cc1ccccc1)[C]1[CH][CH][CH][CH]1)(c1ccccc1)C(F)(F)F.[CH]1[CH][CH][CH][CH]1.[Fe+2]. The summed E-state index contributed by atoms with van der Waals surface area (Å²) in [6, 6.07) is 15.4. The molecule has 8 heteroatoms. The van der Waals surface area contributed by atoms with Crippen LogP contribution in [0.15, 0.2) is 60.7 Å². The second kappa shape index (κ2) is 14.3. The molecule has 0 saturated heterocycles. The Morgan fingerprint density at radius 3 is 1.73 bits per heavy atom. The molecule has 194 valence electrons. The van der Waals surface area contributed by atoms with Crippen molar-refractivity contribution >= 4 is 5.97 Å². The maximum atomic E-state index is 14.3. The monoisotopic (exact) mass is 552 g/mol. The van der Waals surface area contributed by atoms with Crippen molar-refractivity contribution in [1.82, 2.24) is 0 Å². The molecule has 2 saturated carbocycles. The van der Waals surface area contributed by atoms with Gasteiger partial charge in [-0.1, -0.05) is 60.7 Å². The molecule has 1 N–H and O–H groups in total. The number of benzene rings is 2. The Kier molecular flexibility index (Phi) is 12.2. The fraction of sp³-hybridized carbons (Fsp3) is 0.207. The number of alkyl halides is 3. The summed E-state index contributed by atoms with van der Waals surface area (Å²) in [4.78, 5) is 13.2. The first-order chi connectivity index (χ1) is 17.3. The van der Waals surface area contributed by atoms with E-state index in [0.29, 0.717) is 11.5 Å². The molecular weight excluding hydrogens is 525 g/mol. The third-order valence-corrected chi connectivity index (χ3v) is 5.79. The van der Waals surface area contributed by atoms with E-state index in [-0.39, 0.29) is 23.5 Å². The summed E-state index contributed by atoms with van der Waals surface area (Å²) in [5, 5.41) is 10.3. The van der Waals surface area contributed by atoms with E-state index >= 15 is 0 Å². The zero-order chi connectivity index (χ0) is 26.1. The van der Waals surface area contributed by atoms with Crippen LogP contribution in [0.1, 0.15) is 11.1 Å². The Balaban J connectivity index is 0.000000716. The van der Waals surface area contributed by atoms with Gasteiger partial charge < -0.3 is 14.6 Å². The molecule has 2 aromatic carbocycles. The first-order valence-corrected chi connectivity index (χ1v) is 11.2. The summed E-state index contributed by atoms with van der Waals surface area (Å²) in [6.45, 7) is -0.718. The Bertz CT molecular complexity index is 924. The summed E-state index contributed by atoms with van der Waals surface area (Å²) in [5.74, 6) is -1.27. The summed E-state index contributed by atoms with van der Waals surface area (Å²) in [6.07, 6.45) is 11.4. The molecule has 2 fully saturated rings. The zero-order valence-electron chi connectivity index (χ0n) is 20.0. The van der Waals surface area contributed by atoms with Gasteiger partial charge in [-0.05, 0) is 63.4 Å². The van der Waals surface area contributed by atoms with Crippen LogP contribution in [0.5, 0.6) is 0 Å². The van der Waals surface area contributed by atoms with E-state index in [2.05, 4.69) is 0 Å². The van der Waals surface area contributed by atoms with Gasteiger partial charge in [-0.15, -0.1) is 0 Å². The maximum absolute atomic E-state index is 14.3. The van der Waals surface area contributed by atoms with Crippen molar-refractivity contribution < 1.29 is 49.6 Å². The van der Waals surface area contributed by atoms with Crippen LogP contribution in [0, 0.1) is 63.7 Å². The smallest absolute Gasteiger partial charge is 0.453 e. The number of aliphatic hydroxyl groups excluding tert-OH is 1. The minimum atomic E-state index is -5.11. The van der Waals surface area contributed by atoms with E-state index in [1.165, 1.54) is 18.2 Å². The Morgan fingerprint density at radius 2 is 1.30 bits per heavy atom. The van der Waals surface area contributed by atoms with E-state index in [0.717, 1.165) is 19.2 Å². The van der Waals surface area contributed by atoms with E-state index in [9.17, 15) is 23.1 Å². The van der Waals surface area contributed by atoms with Crippen LogP contribution in [-0.2, 0) is 43.4 Å². The number of rotatable bonds is 8. The number of carbonyl (C=O) groups is 1. The third-order valence-electron chi connectivity index (χ3n) is 5.79. The van der Waals surface area contributed by atoms with Gasteiger partial charge in [0, 0.05) is 25.0 Å². The van der Waals surface area contributed by atoms with Crippen LogP contribution in [0.3, 0.4) is 0 Å².